The first-order valence-electron chi connectivity index (χ1n) is 5.44. The Bertz CT molecular complexity index is 557. The Morgan fingerprint density at radius 3 is 2.61 bits per heavy atom. The lowest BCUT2D eigenvalue weighted by molar-refractivity contribution is 0.0947. The summed E-state index contributed by atoms with van der Waals surface area (Å²) in [7, 11) is 0. The van der Waals surface area contributed by atoms with Crippen molar-refractivity contribution < 1.29 is 9.18 Å². The molecule has 1 N–H and O–H groups in total. The Balaban J connectivity index is 2.06. The summed E-state index contributed by atoms with van der Waals surface area (Å²) in [5.74, 6) is -1.05. The van der Waals surface area contributed by atoms with Gasteiger partial charge < -0.3 is 5.32 Å². The van der Waals surface area contributed by atoms with Gasteiger partial charge in [0.2, 0.25) is 0 Å². The van der Waals surface area contributed by atoms with Crippen LogP contribution >= 0.6 is 11.6 Å². The number of hydrogen-bond donors (Lipinski definition) is 1. The fourth-order valence-corrected chi connectivity index (χ4v) is 1.72. The number of halogens is 2. The van der Waals surface area contributed by atoms with Gasteiger partial charge >= 0.3 is 0 Å². The third-order valence-electron chi connectivity index (χ3n) is 2.47. The van der Waals surface area contributed by atoms with Gasteiger partial charge in [0.15, 0.2) is 0 Å². The van der Waals surface area contributed by atoms with E-state index in [1.807, 2.05) is 30.3 Å². The number of carbonyl (C=O) groups is 1. The summed E-state index contributed by atoms with van der Waals surface area (Å²) in [5.41, 5.74) is 0.909. The highest BCUT2D eigenvalue weighted by atomic mass is 35.5. The van der Waals surface area contributed by atoms with Crippen LogP contribution in [0.25, 0.3) is 0 Å². The number of carbonyl (C=O) groups excluding carboxylic acids is 1. The fraction of sp³-hybridized carbons (Fsp3) is 0.0714. The summed E-state index contributed by atoms with van der Waals surface area (Å²) >= 11 is 5.73. The van der Waals surface area contributed by atoms with Crippen LogP contribution in [0.3, 0.4) is 0 Å². The van der Waals surface area contributed by atoms with Gasteiger partial charge in [0.1, 0.15) is 5.82 Å². The summed E-state index contributed by atoms with van der Waals surface area (Å²) in [4.78, 5) is 11.8. The molecule has 0 aliphatic heterocycles. The minimum atomic E-state index is -0.579. The summed E-state index contributed by atoms with van der Waals surface area (Å²) < 4.78 is 13.4. The first-order valence-corrected chi connectivity index (χ1v) is 5.82. The third kappa shape index (κ3) is 3.08. The maximum Gasteiger partial charge on any atom is 0.254 e. The molecule has 18 heavy (non-hydrogen) atoms. The van der Waals surface area contributed by atoms with Crippen molar-refractivity contribution in [2.45, 2.75) is 6.54 Å². The van der Waals surface area contributed by atoms with Crippen LogP contribution in [-0.4, -0.2) is 5.91 Å². The molecule has 0 saturated carbocycles. The average Bonchev–Trinajstić information content (AvgIpc) is 2.40. The van der Waals surface area contributed by atoms with Crippen LogP contribution in [0.4, 0.5) is 4.39 Å². The van der Waals surface area contributed by atoms with Gasteiger partial charge in [0.25, 0.3) is 5.91 Å². The van der Waals surface area contributed by atoms with Crippen molar-refractivity contribution in [3.63, 3.8) is 0 Å². The number of amides is 1. The molecule has 92 valence electrons. The zero-order valence-electron chi connectivity index (χ0n) is 9.49. The monoisotopic (exact) mass is 263 g/mol. The topological polar surface area (TPSA) is 29.1 Å². The number of rotatable bonds is 3. The van der Waals surface area contributed by atoms with Gasteiger partial charge in [-0.15, -0.1) is 0 Å². The Hall–Kier alpha value is -1.87. The summed E-state index contributed by atoms with van der Waals surface area (Å²) in [6.07, 6.45) is 0. The SMILES string of the molecule is O=C(NCc1ccccc1)c1cc(Cl)ccc1F. The van der Waals surface area contributed by atoms with E-state index < -0.39 is 11.7 Å². The molecule has 0 aliphatic carbocycles. The molecular formula is C14H11ClFNO. The van der Waals surface area contributed by atoms with Crippen LogP contribution in [-0.2, 0) is 6.54 Å². The lowest BCUT2D eigenvalue weighted by atomic mass is 10.2. The zero-order chi connectivity index (χ0) is 13.0. The maximum atomic E-state index is 13.4. The predicted octanol–water partition coefficient (Wildman–Crippen LogP) is 3.41. The number of nitrogens with one attached hydrogen (secondary N) is 1. The van der Waals surface area contributed by atoms with Crippen LogP contribution in [0.1, 0.15) is 15.9 Å². The molecule has 0 unspecified atom stereocenters. The van der Waals surface area contributed by atoms with Crippen LogP contribution in [0.2, 0.25) is 5.02 Å². The molecule has 1 amide bonds. The van der Waals surface area contributed by atoms with E-state index >= 15 is 0 Å². The molecule has 0 atom stereocenters. The van der Waals surface area contributed by atoms with E-state index in [1.165, 1.54) is 18.2 Å². The van der Waals surface area contributed by atoms with Gasteiger partial charge in [0, 0.05) is 11.6 Å². The molecule has 2 rings (SSSR count). The molecule has 0 fully saturated rings. The summed E-state index contributed by atoms with van der Waals surface area (Å²) in [6.45, 7) is 0.353. The zero-order valence-corrected chi connectivity index (χ0v) is 10.2. The third-order valence-corrected chi connectivity index (χ3v) is 2.70. The Morgan fingerprint density at radius 1 is 1.17 bits per heavy atom. The van der Waals surface area contributed by atoms with Gasteiger partial charge in [-0.1, -0.05) is 41.9 Å². The molecule has 0 heterocycles. The molecule has 0 aliphatic rings. The first-order chi connectivity index (χ1) is 8.66. The standard InChI is InChI=1S/C14H11ClFNO/c15-11-6-7-13(16)12(8-11)14(18)17-9-10-4-2-1-3-5-10/h1-8H,9H2,(H,17,18). The van der Waals surface area contributed by atoms with E-state index in [4.69, 9.17) is 11.6 Å². The van der Waals surface area contributed by atoms with Gasteiger partial charge in [-0.2, -0.15) is 0 Å². The quantitative estimate of drug-likeness (QED) is 0.903. The highest BCUT2D eigenvalue weighted by Gasteiger charge is 2.11. The van der Waals surface area contributed by atoms with Crippen LogP contribution < -0.4 is 5.32 Å². The molecule has 0 aromatic heterocycles. The first kappa shape index (κ1) is 12.6. The van der Waals surface area contributed by atoms with E-state index in [0.29, 0.717) is 11.6 Å². The molecule has 2 aromatic rings. The second kappa shape index (κ2) is 5.65. The Labute approximate surface area is 109 Å². The number of benzene rings is 2. The summed E-state index contributed by atoms with van der Waals surface area (Å²) in [5, 5.41) is 2.98. The minimum Gasteiger partial charge on any atom is -0.348 e. The van der Waals surface area contributed by atoms with Gasteiger partial charge in [-0.25, -0.2) is 4.39 Å². The van der Waals surface area contributed by atoms with Crippen molar-refractivity contribution in [1.82, 2.24) is 5.32 Å². The molecule has 4 heteroatoms. The van der Waals surface area contributed by atoms with Crippen LogP contribution in [0, 0.1) is 5.82 Å². The molecule has 2 aromatic carbocycles. The smallest absolute Gasteiger partial charge is 0.254 e. The van der Waals surface area contributed by atoms with Gasteiger partial charge in [-0.3, -0.25) is 4.79 Å². The Morgan fingerprint density at radius 2 is 1.89 bits per heavy atom. The van der Waals surface area contributed by atoms with E-state index in [0.717, 1.165) is 5.56 Å². The fourth-order valence-electron chi connectivity index (χ4n) is 1.54. The maximum absolute atomic E-state index is 13.4. The second-order valence-electron chi connectivity index (χ2n) is 3.79. The number of hydrogen-bond acceptors (Lipinski definition) is 1. The van der Waals surface area contributed by atoms with Crippen LogP contribution in [0.15, 0.2) is 48.5 Å². The van der Waals surface area contributed by atoms with Crippen molar-refractivity contribution in [2.24, 2.45) is 0 Å². The van der Waals surface area contributed by atoms with E-state index in [2.05, 4.69) is 5.32 Å². The van der Waals surface area contributed by atoms with Gasteiger partial charge in [0.05, 0.1) is 5.56 Å². The van der Waals surface area contributed by atoms with Gasteiger partial charge in [-0.05, 0) is 23.8 Å². The molecular weight excluding hydrogens is 253 g/mol. The lowest BCUT2D eigenvalue weighted by Gasteiger charge is -2.06. The van der Waals surface area contributed by atoms with Crippen molar-refractivity contribution in [1.29, 1.82) is 0 Å². The van der Waals surface area contributed by atoms with Crippen molar-refractivity contribution in [3.8, 4) is 0 Å². The molecule has 0 spiro atoms. The van der Waals surface area contributed by atoms with Crippen molar-refractivity contribution in [3.05, 3.63) is 70.5 Å². The average molecular weight is 264 g/mol. The molecule has 0 radical (unpaired) electrons. The van der Waals surface area contributed by atoms with Crippen molar-refractivity contribution in [2.75, 3.05) is 0 Å². The molecule has 0 saturated heterocycles. The predicted molar refractivity (Wildman–Crippen MR) is 69.0 cm³/mol. The van der Waals surface area contributed by atoms with Crippen molar-refractivity contribution >= 4 is 17.5 Å². The second-order valence-corrected chi connectivity index (χ2v) is 4.23. The highest BCUT2D eigenvalue weighted by Crippen LogP contribution is 2.14. The Kier molecular flexibility index (Phi) is 3.95. The lowest BCUT2D eigenvalue weighted by Crippen LogP contribution is -2.23. The van der Waals surface area contributed by atoms with E-state index in [-0.39, 0.29) is 5.56 Å². The largest absolute Gasteiger partial charge is 0.348 e. The highest BCUT2D eigenvalue weighted by molar-refractivity contribution is 6.30. The normalized spacial score (nSPS) is 10.1. The van der Waals surface area contributed by atoms with Crippen LogP contribution in [0.5, 0.6) is 0 Å². The minimum absolute atomic E-state index is 0.0431. The molecule has 2 nitrogen and oxygen atoms in total. The van der Waals surface area contributed by atoms with E-state index in [1.54, 1.807) is 0 Å². The summed E-state index contributed by atoms with van der Waals surface area (Å²) in [6, 6.07) is 13.3. The van der Waals surface area contributed by atoms with E-state index in [9.17, 15) is 9.18 Å². The molecule has 0 bridgehead atoms.